The van der Waals surface area contributed by atoms with Crippen LogP contribution in [-0.2, 0) is 4.79 Å². The molecule has 3 aromatic rings. The lowest BCUT2D eigenvalue weighted by atomic mass is 10.1. The van der Waals surface area contributed by atoms with Gasteiger partial charge < -0.3 is 0 Å². The van der Waals surface area contributed by atoms with Crippen LogP contribution in [0.5, 0.6) is 0 Å². The molecule has 4 nitrogen and oxygen atoms in total. The predicted octanol–water partition coefficient (Wildman–Crippen LogP) is 5.71. The number of urea groups is 1. The van der Waals surface area contributed by atoms with Gasteiger partial charge in [0.2, 0.25) is 0 Å². The van der Waals surface area contributed by atoms with Crippen LogP contribution in [0.4, 0.5) is 16.2 Å². The molecule has 6 heteroatoms. The van der Waals surface area contributed by atoms with E-state index in [1.807, 2.05) is 30.3 Å². The topological polar surface area (TPSA) is 40.6 Å². The van der Waals surface area contributed by atoms with Crippen LogP contribution in [0.1, 0.15) is 11.6 Å². The maximum atomic E-state index is 13.3. The zero-order chi connectivity index (χ0) is 19.0. The van der Waals surface area contributed by atoms with E-state index in [4.69, 9.17) is 23.2 Å². The largest absolute Gasteiger partial charge is 0.336 e. The van der Waals surface area contributed by atoms with Gasteiger partial charge in [-0.15, -0.1) is 0 Å². The Morgan fingerprint density at radius 1 is 0.704 bits per heavy atom. The number of benzene rings is 3. The molecular weight excluding hydrogens is 383 g/mol. The highest BCUT2D eigenvalue weighted by molar-refractivity contribution is 6.33. The van der Waals surface area contributed by atoms with Crippen LogP contribution in [0.25, 0.3) is 0 Å². The van der Waals surface area contributed by atoms with Crippen LogP contribution in [0.15, 0.2) is 78.9 Å². The summed E-state index contributed by atoms with van der Waals surface area (Å²) in [5.41, 5.74) is 1.71. The summed E-state index contributed by atoms with van der Waals surface area (Å²) in [5, 5.41) is 0.936. The minimum atomic E-state index is -0.781. The summed E-state index contributed by atoms with van der Waals surface area (Å²) < 4.78 is 0. The number of imide groups is 1. The van der Waals surface area contributed by atoms with Gasteiger partial charge in [0.1, 0.15) is 6.04 Å². The first-order valence-corrected chi connectivity index (χ1v) is 9.05. The van der Waals surface area contributed by atoms with Crippen LogP contribution in [0, 0.1) is 0 Å². The molecule has 0 aromatic heterocycles. The van der Waals surface area contributed by atoms with Gasteiger partial charge in [0.25, 0.3) is 5.91 Å². The van der Waals surface area contributed by atoms with Crippen LogP contribution in [0.3, 0.4) is 0 Å². The quantitative estimate of drug-likeness (QED) is 0.532. The molecule has 1 heterocycles. The maximum absolute atomic E-state index is 13.3. The molecule has 1 atom stereocenters. The monoisotopic (exact) mass is 396 g/mol. The fourth-order valence-corrected chi connectivity index (χ4v) is 3.58. The minimum Gasteiger partial charge on any atom is -0.277 e. The lowest BCUT2D eigenvalue weighted by molar-refractivity contribution is -0.118. The van der Waals surface area contributed by atoms with E-state index >= 15 is 0 Å². The fraction of sp³-hybridized carbons (Fsp3) is 0.0476. The van der Waals surface area contributed by atoms with E-state index in [-0.39, 0.29) is 5.91 Å². The molecule has 0 spiro atoms. The maximum Gasteiger partial charge on any atom is 0.336 e. The van der Waals surface area contributed by atoms with E-state index in [2.05, 4.69) is 0 Å². The molecule has 1 fully saturated rings. The summed E-state index contributed by atoms with van der Waals surface area (Å²) in [6.07, 6.45) is 0. The SMILES string of the molecule is O=C1C(c2ccccc2)N(c2cccc(Cl)c2)C(=O)N1c1cccc(Cl)c1. The minimum absolute atomic E-state index is 0.339. The number of hydrogen-bond donors (Lipinski definition) is 0. The van der Waals surface area contributed by atoms with Gasteiger partial charge in [-0.1, -0.05) is 65.7 Å². The first-order valence-electron chi connectivity index (χ1n) is 8.29. The molecule has 1 aliphatic rings. The van der Waals surface area contributed by atoms with Crippen molar-refractivity contribution in [3.8, 4) is 0 Å². The lowest BCUT2D eigenvalue weighted by Gasteiger charge is -2.22. The Labute approximate surface area is 166 Å². The van der Waals surface area contributed by atoms with Crippen LogP contribution in [-0.4, -0.2) is 11.9 Å². The van der Waals surface area contributed by atoms with Gasteiger partial charge in [-0.2, -0.15) is 0 Å². The number of rotatable bonds is 3. The second kappa shape index (κ2) is 7.06. The number of carbonyl (C=O) groups excluding carboxylic acids is 2. The van der Waals surface area contributed by atoms with Crippen molar-refractivity contribution in [3.05, 3.63) is 94.5 Å². The molecule has 0 saturated carbocycles. The number of anilines is 2. The fourth-order valence-electron chi connectivity index (χ4n) is 3.21. The Hall–Kier alpha value is -2.82. The normalized spacial score (nSPS) is 16.9. The van der Waals surface area contributed by atoms with Gasteiger partial charge in [0.05, 0.1) is 5.69 Å². The zero-order valence-electron chi connectivity index (χ0n) is 14.0. The van der Waals surface area contributed by atoms with Crippen molar-refractivity contribution < 1.29 is 9.59 Å². The highest BCUT2D eigenvalue weighted by atomic mass is 35.5. The Balaban J connectivity index is 1.86. The summed E-state index contributed by atoms with van der Waals surface area (Å²) >= 11 is 12.2. The second-order valence-electron chi connectivity index (χ2n) is 6.10. The third-order valence-corrected chi connectivity index (χ3v) is 4.85. The van der Waals surface area contributed by atoms with Crippen molar-refractivity contribution in [1.29, 1.82) is 0 Å². The molecule has 1 saturated heterocycles. The van der Waals surface area contributed by atoms with E-state index in [9.17, 15) is 9.59 Å². The molecule has 1 aliphatic heterocycles. The van der Waals surface area contributed by atoms with Gasteiger partial charge in [-0.3, -0.25) is 9.69 Å². The highest BCUT2D eigenvalue weighted by Crippen LogP contribution is 2.38. The summed E-state index contributed by atoms with van der Waals surface area (Å²) in [6.45, 7) is 0. The van der Waals surface area contributed by atoms with Crippen molar-refractivity contribution in [2.75, 3.05) is 9.80 Å². The van der Waals surface area contributed by atoms with Crippen molar-refractivity contribution in [2.24, 2.45) is 0 Å². The average molecular weight is 397 g/mol. The molecule has 27 heavy (non-hydrogen) atoms. The lowest BCUT2D eigenvalue weighted by Crippen LogP contribution is -2.33. The van der Waals surface area contributed by atoms with Gasteiger partial charge in [-0.25, -0.2) is 9.69 Å². The third kappa shape index (κ3) is 3.18. The molecule has 0 bridgehead atoms. The second-order valence-corrected chi connectivity index (χ2v) is 6.97. The van der Waals surface area contributed by atoms with Crippen LogP contribution >= 0.6 is 23.2 Å². The van der Waals surface area contributed by atoms with Crippen molar-refractivity contribution in [1.82, 2.24) is 0 Å². The van der Waals surface area contributed by atoms with E-state index in [0.29, 0.717) is 21.4 Å². The van der Waals surface area contributed by atoms with Crippen molar-refractivity contribution in [3.63, 3.8) is 0 Å². The zero-order valence-corrected chi connectivity index (χ0v) is 15.6. The Morgan fingerprint density at radius 2 is 1.30 bits per heavy atom. The van der Waals surface area contributed by atoms with Crippen molar-refractivity contribution in [2.45, 2.75) is 6.04 Å². The van der Waals surface area contributed by atoms with Gasteiger partial charge >= 0.3 is 6.03 Å². The molecule has 1 unspecified atom stereocenters. The van der Waals surface area contributed by atoms with Gasteiger partial charge in [0, 0.05) is 15.7 Å². The van der Waals surface area contributed by atoms with Gasteiger partial charge in [-0.05, 0) is 42.0 Å². The van der Waals surface area contributed by atoms with Crippen molar-refractivity contribution >= 4 is 46.5 Å². The summed E-state index contributed by atoms with van der Waals surface area (Å²) in [5.74, 6) is -0.339. The standard InChI is InChI=1S/C21H14Cl2N2O2/c22-15-8-4-10-17(12-15)24-19(14-6-2-1-3-7-14)20(26)25(21(24)27)18-11-5-9-16(23)13-18/h1-13,19H. The molecule has 0 N–H and O–H groups in total. The average Bonchev–Trinajstić information content (AvgIpc) is 2.93. The van der Waals surface area contributed by atoms with Gasteiger partial charge in [0.15, 0.2) is 0 Å². The first-order chi connectivity index (χ1) is 13.1. The van der Waals surface area contributed by atoms with E-state index in [1.54, 1.807) is 48.5 Å². The number of hydrogen-bond acceptors (Lipinski definition) is 2. The van der Waals surface area contributed by atoms with E-state index in [1.165, 1.54) is 4.90 Å². The number of carbonyl (C=O) groups is 2. The summed E-state index contributed by atoms with van der Waals surface area (Å²) in [7, 11) is 0. The molecule has 3 amide bonds. The Morgan fingerprint density at radius 3 is 1.93 bits per heavy atom. The molecule has 0 aliphatic carbocycles. The molecule has 134 valence electrons. The third-order valence-electron chi connectivity index (χ3n) is 4.38. The van der Waals surface area contributed by atoms with Crippen LogP contribution in [0.2, 0.25) is 10.0 Å². The Kier molecular flexibility index (Phi) is 4.60. The molecule has 4 rings (SSSR count). The first kappa shape index (κ1) is 17.6. The smallest absolute Gasteiger partial charge is 0.277 e. The Bertz CT molecular complexity index is 1020. The van der Waals surface area contributed by atoms with E-state index < -0.39 is 12.1 Å². The summed E-state index contributed by atoms with van der Waals surface area (Å²) in [6, 6.07) is 21.6. The summed E-state index contributed by atoms with van der Waals surface area (Å²) in [4.78, 5) is 29.2. The number of halogens is 2. The highest BCUT2D eigenvalue weighted by Gasteiger charge is 2.47. The number of nitrogens with zero attached hydrogens (tertiary/aromatic N) is 2. The molecule has 0 radical (unpaired) electrons. The predicted molar refractivity (Wildman–Crippen MR) is 107 cm³/mol. The van der Waals surface area contributed by atoms with E-state index in [0.717, 1.165) is 10.5 Å². The number of amides is 3. The molecular formula is C21H14Cl2N2O2. The molecule has 3 aromatic carbocycles. The van der Waals surface area contributed by atoms with Crippen LogP contribution < -0.4 is 9.80 Å².